The van der Waals surface area contributed by atoms with Crippen molar-refractivity contribution in [2.45, 2.75) is 39.3 Å². The fourth-order valence-electron chi connectivity index (χ4n) is 2.33. The maximum absolute atomic E-state index is 12.0. The average Bonchev–Trinajstić information content (AvgIpc) is 2.82. The van der Waals surface area contributed by atoms with Crippen LogP contribution in [0.15, 0.2) is 6.20 Å². The first kappa shape index (κ1) is 14.3. The predicted octanol–water partition coefficient (Wildman–Crippen LogP) is 1.75. The monoisotopic (exact) mass is 283 g/mol. The Morgan fingerprint density at radius 3 is 2.84 bits per heavy atom. The zero-order chi connectivity index (χ0) is 13.8. The number of rotatable bonds is 3. The van der Waals surface area contributed by atoms with Gasteiger partial charge in [-0.25, -0.2) is 9.78 Å². The number of aliphatic hydroxyl groups excluding tert-OH is 1. The van der Waals surface area contributed by atoms with Gasteiger partial charge < -0.3 is 15.3 Å². The highest BCUT2D eigenvalue weighted by Gasteiger charge is 2.25. The molecule has 6 heteroatoms. The summed E-state index contributed by atoms with van der Waals surface area (Å²) in [7, 11) is 0. The maximum atomic E-state index is 12.0. The topological polar surface area (TPSA) is 65.5 Å². The number of aromatic nitrogens is 1. The Labute approximate surface area is 117 Å². The Morgan fingerprint density at radius 2 is 2.32 bits per heavy atom. The number of nitrogens with zero attached hydrogens (tertiary/aromatic N) is 2. The largest absolute Gasteiger partial charge is 0.393 e. The van der Waals surface area contributed by atoms with E-state index in [-0.39, 0.29) is 12.1 Å². The zero-order valence-corrected chi connectivity index (χ0v) is 12.2. The molecular weight excluding hydrogens is 262 g/mol. The van der Waals surface area contributed by atoms with E-state index in [1.807, 2.05) is 24.9 Å². The van der Waals surface area contributed by atoms with Crippen molar-refractivity contribution in [3.05, 3.63) is 16.1 Å². The van der Waals surface area contributed by atoms with Gasteiger partial charge in [-0.3, -0.25) is 0 Å². The van der Waals surface area contributed by atoms with Gasteiger partial charge in [0, 0.05) is 24.2 Å². The van der Waals surface area contributed by atoms with Gasteiger partial charge >= 0.3 is 6.03 Å². The summed E-state index contributed by atoms with van der Waals surface area (Å²) in [5.74, 6) is 0.325. The maximum Gasteiger partial charge on any atom is 0.317 e. The zero-order valence-electron chi connectivity index (χ0n) is 11.4. The second kappa shape index (κ2) is 6.34. The second-order valence-electron chi connectivity index (χ2n) is 5.09. The van der Waals surface area contributed by atoms with E-state index in [1.165, 1.54) is 0 Å². The number of likely N-dealkylation sites (tertiary alicyclic amines) is 1. The first-order valence-electron chi connectivity index (χ1n) is 6.68. The number of aryl methyl sites for hydroxylation is 1. The Bertz CT molecular complexity index is 425. The molecule has 0 spiro atoms. The molecule has 0 aliphatic carbocycles. The van der Waals surface area contributed by atoms with Gasteiger partial charge in [-0.15, -0.1) is 11.3 Å². The summed E-state index contributed by atoms with van der Waals surface area (Å²) >= 11 is 1.60. The molecule has 1 fully saturated rings. The Morgan fingerprint density at radius 1 is 1.63 bits per heavy atom. The van der Waals surface area contributed by atoms with Crippen molar-refractivity contribution in [3.8, 4) is 0 Å². The lowest BCUT2D eigenvalue weighted by Gasteiger charge is -2.33. The van der Waals surface area contributed by atoms with Crippen molar-refractivity contribution in [1.29, 1.82) is 0 Å². The van der Waals surface area contributed by atoms with Gasteiger partial charge in [0.2, 0.25) is 0 Å². The molecule has 1 aliphatic rings. The van der Waals surface area contributed by atoms with Gasteiger partial charge in [-0.2, -0.15) is 0 Å². The lowest BCUT2D eigenvalue weighted by atomic mass is 9.92. The van der Waals surface area contributed by atoms with Crippen LogP contribution >= 0.6 is 11.3 Å². The van der Waals surface area contributed by atoms with Crippen LogP contribution in [0.5, 0.6) is 0 Å². The van der Waals surface area contributed by atoms with Crippen LogP contribution in [0.4, 0.5) is 4.79 Å². The van der Waals surface area contributed by atoms with Crippen LogP contribution in [0.3, 0.4) is 0 Å². The van der Waals surface area contributed by atoms with Gasteiger partial charge in [0.05, 0.1) is 12.6 Å². The van der Waals surface area contributed by atoms with E-state index in [2.05, 4.69) is 10.3 Å². The molecule has 1 aromatic rings. The number of amides is 2. The molecule has 5 nitrogen and oxygen atoms in total. The summed E-state index contributed by atoms with van der Waals surface area (Å²) in [6.45, 7) is 5.76. The van der Waals surface area contributed by atoms with Gasteiger partial charge in [-0.1, -0.05) is 0 Å². The molecule has 1 aromatic heterocycles. The van der Waals surface area contributed by atoms with E-state index in [0.717, 1.165) is 35.8 Å². The van der Waals surface area contributed by atoms with Crippen LogP contribution in [0.2, 0.25) is 0 Å². The molecule has 2 rings (SSSR count). The summed E-state index contributed by atoms with van der Waals surface area (Å²) in [5.41, 5.74) is 0. The van der Waals surface area contributed by atoms with Crippen molar-refractivity contribution in [3.63, 3.8) is 0 Å². The third-order valence-corrected chi connectivity index (χ3v) is 4.48. The van der Waals surface area contributed by atoms with Gasteiger partial charge in [-0.05, 0) is 32.6 Å². The van der Waals surface area contributed by atoms with E-state index in [1.54, 1.807) is 11.3 Å². The molecule has 1 unspecified atom stereocenters. The standard InChI is InChI=1S/C13H21N3O2S/c1-9-7-14-12(19-9)8-15-13(18)16-5-3-11(4-6-16)10(2)17/h7,10-11,17H,3-6,8H2,1-2H3,(H,15,18). The molecule has 0 aromatic carbocycles. The van der Waals surface area contributed by atoms with Gasteiger partial charge in [0.15, 0.2) is 0 Å². The Hall–Kier alpha value is -1.14. The van der Waals surface area contributed by atoms with Crippen LogP contribution in [-0.4, -0.2) is 40.2 Å². The van der Waals surface area contributed by atoms with Crippen molar-refractivity contribution in [1.82, 2.24) is 15.2 Å². The highest BCUT2D eigenvalue weighted by Crippen LogP contribution is 2.20. The molecule has 1 saturated heterocycles. The highest BCUT2D eigenvalue weighted by molar-refractivity contribution is 7.11. The first-order valence-corrected chi connectivity index (χ1v) is 7.50. The fourth-order valence-corrected chi connectivity index (χ4v) is 3.06. The van der Waals surface area contributed by atoms with Crippen LogP contribution in [0.25, 0.3) is 0 Å². The number of aliphatic hydroxyl groups is 1. The summed E-state index contributed by atoms with van der Waals surface area (Å²) in [4.78, 5) is 19.2. The van der Waals surface area contributed by atoms with E-state index >= 15 is 0 Å². The summed E-state index contributed by atoms with van der Waals surface area (Å²) in [5, 5.41) is 13.4. The lowest BCUT2D eigenvalue weighted by molar-refractivity contribution is 0.0798. The molecule has 19 heavy (non-hydrogen) atoms. The van der Waals surface area contributed by atoms with E-state index in [4.69, 9.17) is 0 Å². The molecular formula is C13H21N3O2S. The van der Waals surface area contributed by atoms with Gasteiger partial charge in [0.1, 0.15) is 5.01 Å². The number of piperidine rings is 1. The first-order chi connectivity index (χ1) is 9.06. The van der Waals surface area contributed by atoms with Crippen LogP contribution in [0, 0.1) is 12.8 Å². The molecule has 0 saturated carbocycles. The molecule has 1 aliphatic heterocycles. The van der Waals surface area contributed by atoms with Gasteiger partial charge in [0.25, 0.3) is 0 Å². The molecule has 106 valence electrons. The third-order valence-electron chi connectivity index (χ3n) is 3.57. The predicted molar refractivity (Wildman–Crippen MR) is 75.1 cm³/mol. The number of thiazole rings is 1. The fraction of sp³-hybridized carbons (Fsp3) is 0.692. The minimum absolute atomic E-state index is 0.0307. The quantitative estimate of drug-likeness (QED) is 0.888. The molecule has 0 bridgehead atoms. The second-order valence-corrected chi connectivity index (χ2v) is 6.41. The minimum atomic E-state index is -0.275. The molecule has 2 amide bonds. The van der Waals surface area contributed by atoms with Crippen LogP contribution in [0.1, 0.15) is 29.7 Å². The van der Waals surface area contributed by atoms with E-state index in [0.29, 0.717) is 12.5 Å². The van der Waals surface area contributed by atoms with Crippen molar-refractivity contribution in [2.24, 2.45) is 5.92 Å². The number of hydrogen-bond donors (Lipinski definition) is 2. The number of hydrogen-bond acceptors (Lipinski definition) is 4. The number of carbonyl (C=O) groups excluding carboxylic acids is 1. The summed E-state index contributed by atoms with van der Waals surface area (Å²) < 4.78 is 0. The molecule has 1 atom stereocenters. The number of carbonyl (C=O) groups is 1. The van der Waals surface area contributed by atoms with Crippen molar-refractivity contribution >= 4 is 17.4 Å². The third kappa shape index (κ3) is 3.91. The van der Waals surface area contributed by atoms with E-state index in [9.17, 15) is 9.90 Å². The van der Waals surface area contributed by atoms with Crippen LogP contribution in [-0.2, 0) is 6.54 Å². The molecule has 0 radical (unpaired) electrons. The molecule has 2 heterocycles. The minimum Gasteiger partial charge on any atom is -0.393 e. The normalized spacial score (nSPS) is 18.4. The Kier molecular flexibility index (Phi) is 4.76. The number of urea groups is 1. The van der Waals surface area contributed by atoms with Crippen LogP contribution < -0.4 is 5.32 Å². The Balaban J connectivity index is 1.75. The smallest absolute Gasteiger partial charge is 0.317 e. The number of nitrogens with one attached hydrogen (secondary N) is 1. The lowest BCUT2D eigenvalue weighted by Crippen LogP contribution is -2.45. The van der Waals surface area contributed by atoms with E-state index < -0.39 is 0 Å². The van der Waals surface area contributed by atoms with Crippen molar-refractivity contribution < 1.29 is 9.90 Å². The summed E-state index contributed by atoms with van der Waals surface area (Å²) in [6.07, 6.45) is 3.30. The summed E-state index contributed by atoms with van der Waals surface area (Å²) in [6, 6.07) is -0.0307. The highest BCUT2D eigenvalue weighted by atomic mass is 32.1. The van der Waals surface area contributed by atoms with Crippen molar-refractivity contribution in [2.75, 3.05) is 13.1 Å². The molecule has 2 N–H and O–H groups in total. The average molecular weight is 283 g/mol. The SMILES string of the molecule is Cc1cnc(CNC(=O)N2CCC(C(C)O)CC2)s1.